The summed E-state index contributed by atoms with van der Waals surface area (Å²) in [6.07, 6.45) is 2.19. The molecule has 2 aromatic carbocycles. The second-order valence-electron chi connectivity index (χ2n) is 8.35. The third-order valence-electron chi connectivity index (χ3n) is 5.54. The van der Waals surface area contributed by atoms with Crippen LogP contribution in [0.25, 0.3) is 11.1 Å². The van der Waals surface area contributed by atoms with E-state index < -0.39 is 23.3 Å². The van der Waals surface area contributed by atoms with Crippen molar-refractivity contribution in [2.75, 3.05) is 5.32 Å². The minimum atomic E-state index is -1.30. The van der Waals surface area contributed by atoms with Gasteiger partial charge in [-0.3, -0.25) is 14.4 Å². The first-order valence-corrected chi connectivity index (χ1v) is 10.7. The SMILES string of the molecule is CC(C)(C(N)=O)C(NC(=O)CCc1ccc(-c2ccccc2)cc1)C(=O)Nc1ccccn1. The normalized spacial score (nSPS) is 11.9. The Bertz CT molecular complexity index is 1100. The van der Waals surface area contributed by atoms with Gasteiger partial charge in [-0.15, -0.1) is 0 Å². The van der Waals surface area contributed by atoms with Gasteiger partial charge in [0.2, 0.25) is 17.7 Å². The quantitative estimate of drug-likeness (QED) is 0.470. The van der Waals surface area contributed by atoms with Crippen molar-refractivity contribution in [1.82, 2.24) is 10.3 Å². The van der Waals surface area contributed by atoms with E-state index in [0.717, 1.165) is 16.7 Å². The zero-order chi connectivity index (χ0) is 23.8. The number of anilines is 1. The molecular formula is C26H28N4O3. The first kappa shape index (κ1) is 23.7. The lowest BCUT2D eigenvalue weighted by Gasteiger charge is -2.31. The summed E-state index contributed by atoms with van der Waals surface area (Å²) < 4.78 is 0. The van der Waals surface area contributed by atoms with E-state index in [1.54, 1.807) is 18.2 Å². The van der Waals surface area contributed by atoms with Gasteiger partial charge in [0.15, 0.2) is 0 Å². The van der Waals surface area contributed by atoms with E-state index >= 15 is 0 Å². The van der Waals surface area contributed by atoms with Gasteiger partial charge in [-0.2, -0.15) is 0 Å². The van der Waals surface area contributed by atoms with Crippen LogP contribution in [0, 0.1) is 5.41 Å². The Balaban J connectivity index is 1.64. The molecule has 1 atom stereocenters. The largest absolute Gasteiger partial charge is 0.369 e. The van der Waals surface area contributed by atoms with Gasteiger partial charge in [-0.05, 0) is 49.1 Å². The Morgan fingerprint density at radius 3 is 2.15 bits per heavy atom. The standard InChI is InChI=1S/C26H28N4O3/c1-26(2,25(27)33)23(24(32)29-21-10-6-7-17-28-21)30-22(31)16-13-18-11-14-20(15-12-18)19-8-4-3-5-9-19/h3-12,14-15,17,23H,13,16H2,1-2H3,(H2,27,33)(H,30,31)(H,28,29,32). The molecule has 7 heteroatoms. The summed E-state index contributed by atoms with van der Waals surface area (Å²) in [6.45, 7) is 3.06. The Morgan fingerprint density at radius 2 is 1.55 bits per heavy atom. The van der Waals surface area contributed by atoms with Crippen molar-refractivity contribution < 1.29 is 14.4 Å². The molecule has 0 spiro atoms. The maximum atomic E-state index is 12.9. The third kappa shape index (κ3) is 6.26. The summed E-state index contributed by atoms with van der Waals surface area (Å²) in [4.78, 5) is 41.6. The number of hydrogen-bond acceptors (Lipinski definition) is 4. The maximum absolute atomic E-state index is 12.9. The molecule has 0 aliphatic carbocycles. The average Bonchev–Trinajstić information content (AvgIpc) is 2.82. The van der Waals surface area contributed by atoms with Gasteiger partial charge >= 0.3 is 0 Å². The molecule has 0 aliphatic rings. The lowest BCUT2D eigenvalue weighted by atomic mass is 9.82. The minimum absolute atomic E-state index is 0.160. The molecule has 3 amide bonds. The molecule has 0 saturated carbocycles. The Labute approximate surface area is 193 Å². The number of hydrogen-bond donors (Lipinski definition) is 3. The van der Waals surface area contributed by atoms with Crippen molar-refractivity contribution in [3.8, 4) is 11.1 Å². The van der Waals surface area contributed by atoms with Crippen LogP contribution in [0.2, 0.25) is 0 Å². The Morgan fingerprint density at radius 1 is 0.909 bits per heavy atom. The fourth-order valence-electron chi connectivity index (χ4n) is 3.34. The van der Waals surface area contributed by atoms with Crippen LogP contribution < -0.4 is 16.4 Å². The fourth-order valence-corrected chi connectivity index (χ4v) is 3.34. The molecule has 0 bridgehead atoms. The highest BCUT2D eigenvalue weighted by molar-refractivity contribution is 6.01. The van der Waals surface area contributed by atoms with Crippen molar-refractivity contribution in [1.29, 1.82) is 0 Å². The Kier molecular flexibility index (Phi) is 7.56. The molecule has 4 N–H and O–H groups in total. The predicted octanol–water partition coefficient (Wildman–Crippen LogP) is 3.32. The summed E-state index contributed by atoms with van der Waals surface area (Å²) in [5.41, 5.74) is 7.43. The summed E-state index contributed by atoms with van der Waals surface area (Å²) >= 11 is 0. The van der Waals surface area contributed by atoms with Gasteiger partial charge in [-0.25, -0.2) is 4.98 Å². The molecule has 3 rings (SSSR count). The molecule has 0 radical (unpaired) electrons. The zero-order valence-electron chi connectivity index (χ0n) is 18.7. The van der Waals surface area contributed by atoms with Crippen LogP contribution in [-0.4, -0.2) is 28.7 Å². The third-order valence-corrected chi connectivity index (χ3v) is 5.54. The number of carbonyl (C=O) groups is 3. The molecule has 1 aromatic heterocycles. The van der Waals surface area contributed by atoms with E-state index in [-0.39, 0.29) is 12.3 Å². The van der Waals surface area contributed by atoms with Gasteiger partial charge in [0.25, 0.3) is 0 Å². The molecule has 1 unspecified atom stereocenters. The van der Waals surface area contributed by atoms with Crippen LogP contribution in [0.1, 0.15) is 25.8 Å². The molecule has 1 heterocycles. The van der Waals surface area contributed by atoms with Crippen molar-refractivity contribution in [2.24, 2.45) is 11.1 Å². The smallest absolute Gasteiger partial charge is 0.249 e. The maximum Gasteiger partial charge on any atom is 0.249 e. The van der Waals surface area contributed by atoms with Crippen LogP contribution in [0.3, 0.4) is 0 Å². The number of carbonyl (C=O) groups excluding carboxylic acids is 3. The van der Waals surface area contributed by atoms with E-state index in [2.05, 4.69) is 15.6 Å². The molecule has 0 aliphatic heterocycles. The summed E-state index contributed by atoms with van der Waals surface area (Å²) in [6, 6.07) is 21.9. The second-order valence-corrected chi connectivity index (χ2v) is 8.35. The van der Waals surface area contributed by atoms with Crippen molar-refractivity contribution >= 4 is 23.5 Å². The van der Waals surface area contributed by atoms with Crippen LogP contribution in [0.5, 0.6) is 0 Å². The molecule has 3 aromatic rings. The van der Waals surface area contributed by atoms with Crippen molar-refractivity contribution in [2.45, 2.75) is 32.7 Å². The summed E-state index contributed by atoms with van der Waals surface area (Å²) in [5.74, 6) is -1.28. The summed E-state index contributed by atoms with van der Waals surface area (Å²) in [7, 11) is 0. The van der Waals surface area contributed by atoms with E-state index in [0.29, 0.717) is 12.2 Å². The summed E-state index contributed by atoms with van der Waals surface area (Å²) in [5, 5.41) is 5.32. The minimum Gasteiger partial charge on any atom is -0.369 e. The number of nitrogens with one attached hydrogen (secondary N) is 2. The van der Waals surface area contributed by atoms with E-state index in [9.17, 15) is 14.4 Å². The van der Waals surface area contributed by atoms with Gasteiger partial charge in [0, 0.05) is 12.6 Å². The lowest BCUT2D eigenvalue weighted by Crippen LogP contribution is -2.57. The number of nitrogens with two attached hydrogens (primary N) is 1. The number of benzene rings is 2. The van der Waals surface area contributed by atoms with E-state index in [1.807, 2.05) is 54.6 Å². The van der Waals surface area contributed by atoms with Crippen LogP contribution in [0.15, 0.2) is 79.0 Å². The highest BCUT2D eigenvalue weighted by Gasteiger charge is 2.41. The van der Waals surface area contributed by atoms with E-state index in [4.69, 9.17) is 5.73 Å². The number of pyridine rings is 1. The van der Waals surface area contributed by atoms with Crippen LogP contribution in [0.4, 0.5) is 5.82 Å². The molecule has 0 saturated heterocycles. The van der Waals surface area contributed by atoms with Gasteiger partial charge in [0.1, 0.15) is 11.9 Å². The molecule has 0 fully saturated rings. The Hall–Kier alpha value is -4.00. The lowest BCUT2D eigenvalue weighted by molar-refractivity contribution is -0.136. The monoisotopic (exact) mass is 444 g/mol. The van der Waals surface area contributed by atoms with Gasteiger partial charge in [0.05, 0.1) is 5.41 Å². The fraction of sp³-hybridized carbons (Fsp3) is 0.231. The highest BCUT2D eigenvalue weighted by atomic mass is 16.2. The van der Waals surface area contributed by atoms with Crippen molar-refractivity contribution in [3.05, 3.63) is 84.6 Å². The predicted molar refractivity (Wildman–Crippen MR) is 128 cm³/mol. The first-order chi connectivity index (χ1) is 15.8. The first-order valence-electron chi connectivity index (χ1n) is 10.7. The molecule has 170 valence electrons. The highest BCUT2D eigenvalue weighted by Crippen LogP contribution is 2.22. The molecular weight excluding hydrogens is 416 g/mol. The average molecular weight is 445 g/mol. The van der Waals surface area contributed by atoms with Gasteiger partial charge < -0.3 is 16.4 Å². The van der Waals surface area contributed by atoms with Crippen LogP contribution >= 0.6 is 0 Å². The second kappa shape index (κ2) is 10.5. The number of primary amides is 1. The number of aromatic nitrogens is 1. The zero-order valence-corrected chi connectivity index (χ0v) is 18.7. The molecule has 33 heavy (non-hydrogen) atoms. The number of amides is 3. The van der Waals surface area contributed by atoms with Crippen LogP contribution in [-0.2, 0) is 20.8 Å². The van der Waals surface area contributed by atoms with Gasteiger partial charge in [-0.1, -0.05) is 60.7 Å². The number of rotatable bonds is 9. The van der Waals surface area contributed by atoms with E-state index in [1.165, 1.54) is 20.0 Å². The topological polar surface area (TPSA) is 114 Å². The number of nitrogens with zero attached hydrogens (tertiary/aromatic N) is 1. The molecule has 7 nitrogen and oxygen atoms in total. The number of aryl methyl sites for hydroxylation is 1. The van der Waals surface area contributed by atoms with Crippen molar-refractivity contribution in [3.63, 3.8) is 0 Å².